The molecule has 0 spiro atoms. The Kier molecular flexibility index (Phi) is 6.52. The molecule has 0 atom stereocenters. The van der Waals surface area contributed by atoms with Gasteiger partial charge in [-0.05, 0) is 56.4 Å². The summed E-state index contributed by atoms with van der Waals surface area (Å²) in [6.45, 7) is 0.496. The molecular formula is C17H25NO4. The highest BCUT2D eigenvalue weighted by Gasteiger charge is 2.19. The molecule has 2 N–H and O–H groups in total. The molecule has 1 fully saturated rings. The van der Waals surface area contributed by atoms with Crippen molar-refractivity contribution < 1.29 is 19.0 Å². The van der Waals surface area contributed by atoms with Gasteiger partial charge < -0.3 is 19.9 Å². The zero-order valence-electron chi connectivity index (χ0n) is 13.1. The van der Waals surface area contributed by atoms with Gasteiger partial charge in [0, 0.05) is 12.5 Å². The number of carbonyl (C=O) groups excluding carboxylic acids is 1. The molecule has 0 heterocycles. The number of carbonyl (C=O) groups is 1. The van der Waals surface area contributed by atoms with E-state index in [1.54, 1.807) is 0 Å². The van der Waals surface area contributed by atoms with Crippen LogP contribution in [0.2, 0.25) is 0 Å². The number of methoxy groups -OCH3 is 1. The summed E-state index contributed by atoms with van der Waals surface area (Å²) in [5.41, 5.74) is 5.89. The van der Waals surface area contributed by atoms with Crippen LogP contribution in [0.25, 0.3) is 0 Å². The summed E-state index contributed by atoms with van der Waals surface area (Å²) in [7, 11) is 1.39. The van der Waals surface area contributed by atoms with Crippen LogP contribution in [-0.4, -0.2) is 31.8 Å². The van der Waals surface area contributed by atoms with E-state index in [2.05, 4.69) is 4.74 Å². The number of hydrogen-bond acceptors (Lipinski definition) is 5. The van der Waals surface area contributed by atoms with Gasteiger partial charge in [0.15, 0.2) is 0 Å². The molecule has 1 aromatic rings. The van der Waals surface area contributed by atoms with Crippen molar-refractivity contribution in [1.82, 2.24) is 0 Å². The molecule has 1 aliphatic carbocycles. The Morgan fingerprint density at radius 2 is 1.77 bits per heavy atom. The molecule has 2 rings (SSSR count). The Bertz CT molecular complexity index is 452. The maximum atomic E-state index is 11.0. The Labute approximate surface area is 131 Å². The molecule has 22 heavy (non-hydrogen) atoms. The second-order valence-corrected chi connectivity index (χ2v) is 5.65. The fraction of sp³-hybridized carbons (Fsp3) is 0.588. The van der Waals surface area contributed by atoms with Gasteiger partial charge in [0.2, 0.25) is 0 Å². The van der Waals surface area contributed by atoms with Gasteiger partial charge in [-0.25, -0.2) is 0 Å². The Morgan fingerprint density at radius 3 is 2.41 bits per heavy atom. The zero-order chi connectivity index (χ0) is 15.8. The summed E-state index contributed by atoms with van der Waals surface area (Å²) in [5, 5.41) is 0. The average Bonchev–Trinajstić information content (AvgIpc) is 2.55. The lowest BCUT2D eigenvalue weighted by molar-refractivity contribution is -0.140. The molecule has 0 bridgehead atoms. The Morgan fingerprint density at radius 1 is 1.14 bits per heavy atom. The third-order valence-corrected chi connectivity index (χ3v) is 3.87. The normalized spacial score (nSPS) is 21.2. The van der Waals surface area contributed by atoms with Crippen LogP contribution in [0.15, 0.2) is 24.3 Å². The Balaban J connectivity index is 1.70. The summed E-state index contributed by atoms with van der Waals surface area (Å²) in [4.78, 5) is 11.0. The molecule has 1 saturated carbocycles. The minimum atomic E-state index is -0.209. The standard InChI is InChI=1S/C17H25NO4/c1-20-17(19)3-2-12-21-14-8-10-16(11-9-14)22-15-6-4-13(18)5-7-15/h8-11,13,15H,2-7,12,18H2,1H3. The highest BCUT2D eigenvalue weighted by atomic mass is 16.5. The van der Waals surface area contributed by atoms with E-state index in [-0.39, 0.29) is 12.1 Å². The van der Waals surface area contributed by atoms with Crippen LogP contribution >= 0.6 is 0 Å². The number of nitrogens with two attached hydrogens (primary N) is 1. The minimum absolute atomic E-state index is 0.209. The van der Waals surface area contributed by atoms with E-state index >= 15 is 0 Å². The van der Waals surface area contributed by atoms with E-state index in [0.29, 0.717) is 25.5 Å². The van der Waals surface area contributed by atoms with E-state index in [1.165, 1.54) is 7.11 Å². The van der Waals surface area contributed by atoms with Crippen LogP contribution in [0.3, 0.4) is 0 Å². The second kappa shape index (κ2) is 8.63. The summed E-state index contributed by atoms with van der Waals surface area (Å²) in [6, 6.07) is 7.96. The van der Waals surface area contributed by atoms with Gasteiger partial charge in [-0.15, -0.1) is 0 Å². The van der Waals surface area contributed by atoms with Gasteiger partial charge >= 0.3 is 5.97 Å². The quantitative estimate of drug-likeness (QED) is 0.619. The Hall–Kier alpha value is -1.75. The molecule has 0 unspecified atom stereocenters. The first-order chi connectivity index (χ1) is 10.7. The number of hydrogen-bond donors (Lipinski definition) is 1. The molecule has 0 saturated heterocycles. The first kappa shape index (κ1) is 16.6. The van der Waals surface area contributed by atoms with E-state index in [1.807, 2.05) is 24.3 Å². The molecule has 5 nitrogen and oxygen atoms in total. The van der Waals surface area contributed by atoms with Crippen molar-refractivity contribution in [3.05, 3.63) is 24.3 Å². The van der Waals surface area contributed by atoms with Crippen molar-refractivity contribution in [1.29, 1.82) is 0 Å². The molecule has 122 valence electrons. The molecule has 0 aromatic heterocycles. The van der Waals surface area contributed by atoms with Crippen molar-refractivity contribution >= 4 is 5.97 Å². The predicted octanol–water partition coefficient (Wildman–Crippen LogP) is 2.67. The maximum Gasteiger partial charge on any atom is 0.305 e. The van der Waals surface area contributed by atoms with Gasteiger partial charge in [-0.1, -0.05) is 0 Å². The van der Waals surface area contributed by atoms with Crippen molar-refractivity contribution in [2.75, 3.05) is 13.7 Å². The summed E-state index contributed by atoms with van der Waals surface area (Å²) < 4.78 is 16.1. The minimum Gasteiger partial charge on any atom is -0.494 e. The van der Waals surface area contributed by atoms with Gasteiger partial charge in [0.25, 0.3) is 0 Å². The second-order valence-electron chi connectivity index (χ2n) is 5.65. The van der Waals surface area contributed by atoms with Gasteiger partial charge in [0.1, 0.15) is 11.5 Å². The van der Waals surface area contributed by atoms with Crippen LogP contribution in [0.1, 0.15) is 38.5 Å². The lowest BCUT2D eigenvalue weighted by Gasteiger charge is -2.26. The smallest absolute Gasteiger partial charge is 0.305 e. The number of ether oxygens (including phenoxy) is 3. The highest BCUT2D eigenvalue weighted by Crippen LogP contribution is 2.24. The van der Waals surface area contributed by atoms with Crippen LogP contribution < -0.4 is 15.2 Å². The van der Waals surface area contributed by atoms with E-state index < -0.39 is 0 Å². The van der Waals surface area contributed by atoms with E-state index in [9.17, 15) is 4.79 Å². The monoisotopic (exact) mass is 307 g/mol. The van der Waals surface area contributed by atoms with Gasteiger partial charge in [-0.3, -0.25) is 4.79 Å². The molecule has 0 aliphatic heterocycles. The lowest BCUT2D eigenvalue weighted by atomic mass is 9.94. The fourth-order valence-corrected chi connectivity index (χ4v) is 2.52. The third-order valence-electron chi connectivity index (χ3n) is 3.87. The van der Waals surface area contributed by atoms with Crippen LogP contribution in [0.4, 0.5) is 0 Å². The first-order valence-electron chi connectivity index (χ1n) is 7.89. The summed E-state index contributed by atoms with van der Waals surface area (Å²) in [6.07, 6.45) is 5.40. The largest absolute Gasteiger partial charge is 0.494 e. The van der Waals surface area contributed by atoms with E-state index in [0.717, 1.165) is 37.2 Å². The van der Waals surface area contributed by atoms with Gasteiger partial charge in [0.05, 0.1) is 19.8 Å². The maximum absolute atomic E-state index is 11.0. The summed E-state index contributed by atoms with van der Waals surface area (Å²) in [5.74, 6) is 1.44. The molecule has 1 aromatic carbocycles. The molecule has 0 amide bonds. The SMILES string of the molecule is COC(=O)CCCOc1ccc(OC2CCC(N)CC2)cc1. The number of rotatable bonds is 7. The molecule has 0 radical (unpaired) electrons. The highest BCUT2D eigenvalue weighted by molar-refractivity contribution is 5.69. The van der Waals surface area contributed by atoms with Crippen molar-refractivity contribution in [3.63, 3.8) is 0 Å². The predicted molar refractivity (Wildman–Crippen MR) is 84.0 cm³/mol. The average molecular weight is 307 g/mol. The van der Waals surface area contributed by atoms with Crippen LogP contribution in [0, 0.1) is 0 Å². The summed E-state index contributed by atoms with van der Waals surface area (Å²) >= 11 is 0. The fourth-order valence-electron chi connectivity index (χ4n) is 2.52. The lowest BCUT2D eigenvalue weighted by Crippen LogP contribution is -2.31. The number of esters is 1. The van der Waals surface area contributed by atoms with Crippen molar-refractivity contribution in [2.45, 2.75) is 50.7 Å². The topological polar surface area (TPSA) is 70.8 Å². The molecule has 1 aliphatic rings. The molecule has 5 heteroatoms. The van der Waals surface area contributed by atoms with Crippen molar-refractivity contribution in [3.8, 4) is 11.5 Å². The number of benzene rings is 1. The first-order valence-corrected chi connectivity index (χ1v) is 7.89. The van der Waals surface area contributed by atoms with Crippen LogP contribution in [-0.2, 0) is 9.53 Å². The zero-order valence-corrected chi connectivity index (χ0v) is 13.1. The third kappa shape index (κ3) is 5.56. The molecular weight excluding hydrogens is 282 g/mol. The van der Waals surface area contributed by atoms with Gasteiger partial charge in [-0.2, -0.15) is 0 Å². The van der Waals surface area contributed by atoms with Crippen molar-refractivity contribution in [2.24, 2.45) is 5.73 Å². The van der Waals surface area contributed by atoms with E-state index in [4.69, 9.17) is 15.2 Å². The van der Waals surface area contributed by atoms with Crippen LogP contribution in [0.5, 0.6) is 11.5 Å².